The Hall–Kier alpha value is -2.07. The van der Waals surface area contributed by atoms with E-state index in [0.717, 1.165) is 37.3 Å². The van der Waals surface area contributed by atoms with Gasteiger partial charge in [-0.2, -0.15) is 0 Å². The van der Waals surface area contributed by atoms with Crippen LogP contribution in [0.5, 0.6) is 0 Å². The summed E-state index contributed by atoms with van der Waals surface area (Å²) in [4.78, 5) is 18.5. The summed E-state index contributed by atoms with van der Waals surface area (Å²) in [6, 6.07) is 11.1. The third-order valence-corrected chi connectivity index (χ3v) is 4.11. The quantitative estimate of drug-likeness (QED) is 0.927. The van der Waals surface area contributed by atoms with E-state index in [-0.39, 0.29) is 5.91 Å². The Labute approximate surface area is 135 Å². The van der Waals surface area contributed by atoms with Crippen molar-refractivity contribution in [3.05, 3.63) is 53.3 Å². The number of hydrogen-bond donors (Lipinski definition) is 1. The average Bonchev–Trinajstić information content (AvgIpc) is 2.58. The van der Waals surface area contributed by atoms with Gasteiger partial charge in [-0.25, -0.2) is 4.98 Å². The van der Waals surface area contributed by atoms with E-state index in [1.54, 1.807) is 12.3 Å². The number of halogens is 1. The van der Waals surface area contributed by atoms with Gasteiger partial charge in [0.05, 0.1) is 22.6 Å². The minimum absolute atomic E-state index is 0.0176. The number of hydrogen-bond acceptors (Lipinski definition) is 3. The number of para-hydroxylation sites is 1. The van der Waals surface area contributed by atoms with Crippen LogP contribution in [0.2, 0.25) is 5.02 Å². The molecule has 4 nitrogen and oxygen atoms in total. The Balaban J connectivity index is 1.70. The summed E-state index contributed by atoms with van der Waals surface area (Å²) in [5.41, 5.74) is 2.12. The second-order valence-corrected chi connectivity index (χ2v) is 5.80. The van der Waals surface area contributed by atoms with Crippen LogP contribution in [0, 0.1) is 0 Å². The predicted octanol–water partition coefficient (Wildman–Crippen LogP) is 4.10. The number of carbonyl (C=O) groups excluding carboxylic acids is 1. The van der Waals surface area contributed by atoms with E-state index >= 15 is 0 Å². The van der Waals surface area contributed by atoms with E-state index in [9.17, 15) is 4.79 Å². The molecule has 1 fully saturated rings. The molecule has 0 bridgehead atoms. The lowest BCUT2D eigenvalue weighted by Crippen LogP contribution is -2.36. The molecule has 1 aliphatic heterocycles. The van der Waals surface area contributed by atoms with E-state index in [4.69, 9.17) is 11.6 Å². The van der Waals surface area contributed by atoms with Crippen LogP contribution in [0.25, 0.3) is 0 Å². The number of likely N-dealkylation sites (tertiary alicyclic amines) is 1. The van der Waals surface area contributed by atoms with E-state index < -0.39 is 0 Å². The van der Waals surface area contributed by atoms with Gasteiger partial charge in [-0.05, 0) is 43.5 Å². The van der Waals surface area contributed by atoms with E-state index in [1.807, 2.05) is 35.2 Å². The molecule has 1 aromatic heterocycles. The van der Waals surface area contributed by atoms with Crippen molar-refractivity contribution in [2.75, 3.05) is 18.4 Å². The minimum Gasteiger partial charge on any atom is -0.353 e. The topological polar surface area (TPSA) is 45.2 Å². The lowest BCUT2D eigenvalue weighted by Gasteiger charge is -2.26. The van der Waals surface area contributed by atoms with Gasteiger partial charge in [0.1, 0.15) is 5.69 Å². The van der Waals surface area contributed by atoms with Gasteiger partial charge in [-0.1, -0.05) is 23.7 Å². The molecule has 22 heavy (non-hydrogen) atoms. The lowest BCUT2D eigenvalue weighted by atomic mass is 10.1. The second-order valence-electron chi connectivity index (χ2n) is 5.39. The number of nitrogens with zero attached hydrogens (tertiary/aromatic N) is 2. The molecular weight excluding hydrogens is 298 g/mol. The number of aromatic nitrogens is 1. The number of nitrogens with one attached hydrogen (secondary N) is 1. The first-order valence-corrected chi connectivity index (χ1v) is 7.89. The first-order valence-electron chi connectivity index (χ1n) is 7.51. The fraction of sp³-hybridized carbons (Fsp3) is 0.294. The molecule has 0 aliphatic carbocycles. The van der Waals surface area contributed by atoms with Crippen LogP contribution in [0.1, 0.15) is 29.8 Å². The van der Waals surface area contributed by atoms with Crippen LogP contribution >= 0.6 is 11.6 Å². The maximum atomic E-state index is 12.3. The van der Waals surface area contributed by atoms with Crippen LogP contribution in [0.4, 0.5) is 11.4 Å². The molecule has 1 amide bonds. The molecule has 1 saturated heterocycles. The van der Waals surface area contributed by atoms with Crippen molar-refractivity contribution in [3.8, 4) is 0 Å². The summed E-state index contributed by atoms with van der Waals surface area (Å²) in [7, 11) is 0. The molecule has 3 rings (SSSR count). The maximum absolute atomic E-state index is 12.3. The van der Waals surface area contributed by atoms with Crippen molar-refractivity contribution >= 4 is 28.9 Å². The van der Waals surface area contributed by atoms with Gasteiger partial charge in [0, 0.05) is 13.1 Å². The third-order valence-electron chi connectivity index (χ3n) is 3.78. The van der Waals surface area contributed by atoms with Crippen molar-refractivity contribution in [2.45, 2.75) is 19.3 Å². The molecule has 1 N–H and O–H groups in total. The van der Waals surface area contributed by atoms with Crippen molar-refractivity contribution in [3.63, 3.8) is 0 Å². The Kier molecular flexibility index (Phi) is 4.59. The summed E-state index contributed by atoms with van der Waals surface area (Å²) in [5, 5.41) is 3.85. The highest BCUT2D eigenvalue weighted by atomic mass is 35.5. The summed E-state index contributed by atoms with van der Waals surface area (Å²) >= 11 is 6.11. The largest absolute Gasteiger partial charge is 0.353 e. The molecule has 0 radical (unpaired) electrons. The van der Waals surface area contributed by atoms with E-state index in [2.05, 4.69) is 10.3 Å². The maximum Gasteiger partial charge on any atom is 0.272 e. The number of anilines is 2. The Morgan fingerprint density at radius 1 is 1.09 bits per heavy atom. The molecule has 114 valence electrons. The average molecular weight is 316 g/mol. The van der Waals surface area contributed by atoms with Crippen molar-refractivity contribution in [2.24, 2.45) is 0 Å². The Bertz CT molecular complexity index is 651. The van der Waals surface area contributed by atoms with Crippen molar-refractivity contribution in [1.82, 2.24) is 9.88 Å². The third kappa shape index (κ3) is 3.39. The molecule has 5 heteroatoms. The highest BCUT2D eigenvalue weighted by molar-refractivity contribution is 6.33. The fourth-order valence-corrected chi connectivity index (χ4v) is 2.75. The number of amides is 1. The molecule has 0 unspecified atom stereocenters. The normalized spacial score (nSPS) is 14.7. The van der Waals surface area contributed by atoms with Gasteiger partial charge in [-0.3, -0.25) is 4.79 Å². The zero-order valence-electron chi connectivity index (χ0n) is 12.3. The Morgan fingerprint density at radius 2 is 1.86 bits per heavy atom. The van der Waals surface area contributed by atoms with Crippen molar-refractivity contribution < 1.29 is 4.79 Å². The number of pyridine rings is 1. The number of carbonyl (C=O) groups is 1. The van der Waals surface area contributed by atoms with Crippen molar-refractivity contribution in [1.29, 1.82) is 0 Å². The van der Waals surface area contributed by atoms with Gasteiger partial charge in [0.2, 0.25) is 0 Å². The molecule has 0 saturated carbocycles. The zero-order valence-corrected chi connectivity index (χ0v) is 13.0. The summed E-state index contributed by atoms with van der Waals surface area (Å²) in [6.07, 6.45) is 5.04. The molecule has 1 aliphatic rings. The lowest BCUT2D eigenvalue weighted by molar-refractivity contribution is 0.0718. The number of benzene rings is 1. The Morgan fingerprint density at radius 3 is 2.55 bits per heavy atom. The van der Waals surface area contributed by atoms with Crippen LogP contribution in [-0.4, -0.2) is 28.9 Å². The molecule has 0 atom stereocenters. The highest BCUT2D eigenvalue weighted by Gasteiger charge is 2.18. The summed E-state index contributed by atoms with van der Waals surface area (Å²) in [6.45, 7) is 1.67. The summed E-state index contributed by atoms with van der Waals surface area (Å²) < 4.78 is 0. The monoisotopic (exact) mass is 315 g/mol. The summed E-state index contributed by atoms with van der Waals surface area (Å²) in [5.74, 6) is 0.0176. The highest BCUT2D eigenvalue weighted by Crippen LogP contribution is 2.24. The second kappa shape index (κ2) is 6.79. The molecule has 1 aromatic carbocycles. The number of rotatable bonds is 3. The zero-order chi connectivity index (χ0) is 15.4. The first-order chi connectivity index (χ1) is 10.7. The standard InChI is InChI=1S/C17H18ClN3O/c18-14-6-2-3-7-15(14)20-13-8-9-16(19-12-13)17(22)21-10-4-1-5-11-21/h2-3,6-9,12,20H,1,4-5,10-11H2. The molecule has 0 spiro atoms. The van der Waals surface area contributed by atoms with Gasteiger partial charge in [-0.15, -0.1) is 0 Å². The van der Waals surface area contributed by atoms with Crippen LogP contribution in [0.15, 0.2) is 42.6 Å². The smallest absolute Gasteiger partial charge is 0.272 e. The predicted molar refractivity (Wildman–Crippen MR) is 88.7 cm³/mol. The molecule has 2 heterocycles. The minimum atomic E-state index is 0.0176. The van der Waals surface area contributed by atoms with E-state index in [1.165, 1.54) is 6.42 Å². The van der Waals surface area contributed by atoms with Gasteiger partial charge < -0.3 is 10.2 Å². The SMILES string of the molecule is O=C(c1ccc(Nc2ccccc2Cl)cn1)N1CCCCC1. The fourth-order valence-electron chi connectivity index (χ4n) is 2.57. The van der Waals surface area contributed by atoms with Gasteiger partial charge in [0.25, 0.3) is 5.91 Å². The number of piperidine rings is 1. The van der Waals surface area contributed by atoms with Crippen LogP contribution in [0.3, 0.4) is 0 Å². The van der Waals surface area contributed by atoms with Crippen LogP contribution in [-0.2, 0) is 0 Å². The van der Waals surface area contributed by atoms with Gasteiger partial charge in [0.15, 0.2) is 0 Å². The first kappa shape index (κ1) is 14.9. The van der Waals surface area contributed by atoms with E-state index in [0.29, 0.717) is 10.7 Å². The van der Waals surface area contributed by atoms with Gasteiger partial charge >= 0.3 is 0 Å². The molecule has 2 aromatic rings. The molecular formula is C17H18ClN3O. The van der Waals surface area contributed by atoms with Crippen LogP contribution < -0.4 is 5.32 Å².